The van der Waals surface area contributed by atoms with Crippen molar-refractivity contribution in [2.45, 2.75) is 59.3 Å². The van der Waals surface area contributed by atoms with Crippen molar-refractivity contribution >= 4 is 17.2 Å². The number of anilines is 1. The van der Waals surface area contributed by atoms with E-state index in [1.54, 1.807) is 0 Å². The zero-order valence-corrected chi connectivity index (χ0v) is 14.0. The van der Waals surface area contributed by atoms with Crippen LogP contribution >= 0.6 is 0 Å². The number of carbonyl (C=O) groups is 1. The fourth-order valence-electron chi connectivity index (χ4n) is 3.68. The van der Waals surface area contributed by atoms with E-state index < -0.39 is 0 Å². The van der Waals surface area contributed by atoms with Gasteiger partial charge in [0.2, 0.25) is 5.91 Å². The van der Waals surface area contributed by atoms with Crippen molar-refractivity contribution in [1.29, 1.82) is 0 Å². The van der Waals surface area contributed by atoms with Crippen LogP contribution in [0.15, 0.2) is 24.3 Å². The number of hydrogen-bond donors (Lipinski definition) is 1. The second-order valence-electron chi connectivity index (χ2n) is 7.46. The third-order valence-electron chi connectivity index (χ3n) is 5.80. The van der Waals surface area contributed by atoms with Gasteiger partial charge in [-0.05, 0) is 65.8 Å². The van der Waals surface area contributed by atoms with Crippen molar-refractivity contribution in [3.63, 3.8) is 0 Å². The summed E-state index contributed by atoms with van der Waals surface area (Å²) >= 11 is 0. The highest BCUT2D eigenvalue weighted by Gasteiger charge is 2.29. The topological polar surface area (TPSA) is 29.1 Å². The molecule has 22 heavy (non-hydrogen) atoms. The number of nitrogens with one attached hydrogen (secondary N) is 1. The van der Waals surface area contributed by atoms with Crippen molar-refractivity contribution < 1.29 is 4.79 Å². The minimum Gasteiger partial charge on any atom is -0.326 e. The predicted molar refractivity (Wildman–Crippen MR) is 92.8 cm³/mol. The standard InChI is InChI=1S/C20H27NO/c1-4-20(2,3)17-9-5-14(6-10-17)15-7-11-18-16(13-15)8-12-19(22)21-18/h5,7,11,13,17H,4,6,8-10,12H2,1-3H3,(H,21,22). The lowest BCUT2D eigenvalue weighted by molar-refractivity contribution is -0.116. The summed E-state index contributed by atoms with van der Waals surface area (Å²) in [6, 6.07) is 6.53. The van der Waals surface area contributed by atoms with Crippen molar-refractivity contribution in [3.8, 4) is 0 Å². The first kappa shape index (κ1) is 15.3. The van der Waals surface area contributed by atoms with Crippen molar-refractivity contribution in [1.82, 2.24) is 0 Å². The average Bonchev–Trinajstić information content (AvgIpc) is 2.54. The SMILES string of the molecule is CCC(C)(C)C1CC=C(c2ccc3c(c2)CCC(=O)N3)CC1. The van der Waals surface area contributed by atoms with Crippen LogP contribution in [0.25, 0.3) is 5.57 Å². The molecule has 1 unspecified atom stereocenters. The summed E-state index contributed by atoms with van der Waals surface area (Å²) in [6.45, 7) is 7.10. The molecule has 3 rings (SSSR count). The highest BCUT2D eigenvalue weighted by molar-refractivity contribution is 5.94. The Morgan fingerprint density at radius 2 is 2.05 bits per heavy atom. The number of rotatable bonds is 3. The molecule has 118 valence electrons. The largest absolute Gasteiger partial charge is 0.326 e. The molecule has 1 aromatic carbocycles. The summed E-state index contributed by atoms with van der Waals surface area (Å²) in [4.78, 5) is 11.4. The molecule has 1 aliphatic carbocycles. The lowest BCUT2D eigenvalue weighted by atomic mass is 9.70. The minimum absolute atomic E-state index is 0.141. The van der Waals surface area contributed by atoms with Gasteiger partial charge < -0.3 is 5.32 Å². The molecule has 1 amide bonds. The van der Waals surface area contributed by atoms with E-state index >= 15 is 0 Å². The summed E-state index contributed by atoms with van der Waals surface area (Å²) in [5, 5.41) is 2.97. The molecule has 1 N–H and O–H groups in total. The van der Waals surface area contributed by atoms with E-state index in [1.165, 1.54) is 42.4 Å². The second-order valence-corrected chi connectivity index (χ2v) is 7.46. The van der Waals surface area contributed by atoms with Gasteiger partial charge >= 0.3 is 0 Å². The molecule has 2 heteroatoms. The molecule has 0 aromatic heterocycles. The van der Waals surface area contributed by atoms with Gasteiger partial charge in [-0.3, -0.25) is 4.79 Å². The molecule has 1 atom stereocenters. The first-order chi connectivity index (χ1) is 10.5. The van der Waals surface area contributed by atoms with Crippen LogP contribution in [0.3, 0.4) is 0 Å². The average molecular weight is 297 g/mol. The lowest BCUT2D eigenvalue weighted by Crippen LogP contribution is -2.24. The number of carbonyl (C=O) groups excluding carboxylic acids is 1. The molecule has 2 aliphatic rings. The molecule has 1 aliphatic heterocycles. The lowest BCUT2D eigenvalue weighted by Gasteiger charge is -2.36. The Bertz CT molecular complexity index is 612. The molecule has 1 aromatic rings. The van der Waals surface area contributed by atoms with E-state index in [-0.39, 0.29) is 5.91 Å². The monoisotopic (exact) mass is 297 g/mol. The van der Waals surface area contributed by atoms with Gasteiger partial charge in [-0.1, -0.05) is 39.3 Å². The molecule has 0 fully saturated rings. The third-order valence-corrected chi connectivity index (χ3v) is 5.80. The van der Waals surface area contributed by atoms with E-state index in [2.05, 4.69) is 50.4 Å². The van der Waals surface area contributed by atoms with E-state index in [1.807, 2.05) is 0 Å². The summed E-state index contributed by atoms with van der Waals surface area (Å²) in [7, 11) is 0. The number of aryl methyl sites for hydroxylation is 1. The summed E-state index contributed by atoms with van der Waals surface area (Å²) in [6.07, 6.45) is 8.86. The third kappa shape index (κ3) is 2.97. The van der Waals surface area contributed by atoms with Gasteiger partial charge in [0.25, 0.3) is 0 Å². The van der Waals surface area contributed by atoms with Crippen LogP contribution in [-0.2, 0) is 11.2 Å². The zero-order valence-electron chi connectivity index (χ0n) is 14.0. The Labute approximate surface area is 134 Å². The first-order valence-electron chi connectivity index (χ1n) is 8.62. The van der Waals surface area contributed by atoms with Crippen LogP contribution in [0.5, 0.6) is 0 Å². The molecular formula is C20H27NO. The highest BCUT2D eigenvalue weighted by Crippen LogP contribution is 2.42. The summed E-state index contributed by atoms with van der Waals surface area (Å²) in [5.41, 5.74) is 5.57. The Morgan fingerprint density at radius 1 is 1.23 bits per heavy atom. The van der Waals surface area contributed by atoms with Gasteiger partial charge in [0.05, 0.1) is 0 Å². The number of benzene rings is 1. The number of hydrogen-bond acceptors (Lipinski definition) is 1. The Balaban J connectivity index is 1.77. The van der Waals surface area contributed by atoms with Crippen molar-refractivity contribution in [2.75, 3.05) is 5.32 Å². The maximum Gasteiger partial charge on any atom is 0.224 e. The van der Waals surface area contributed by atoms with Gasteiger partial charge in [-0.25, -0.2) is 0 Å². The smallest absolute Gasteiger partial charge is 0.224 e. The maximum atomic E-state index is 11.4. The number of amides is 1. The van der Waals surface area contributed by atoms with Crippen LogP contribution in [-0.4, -0.2) is 5.91 Å². The molecule has 0 saturated heterocycles. The van der Waals surface area contributed by atoms with Crippen LogP contribution in [0.2, 0.25) is 0 Å². The molecule has 0 bridgehead atoms. The van der Waals surface area contributed by atoms with Gasteiger partial charge in [0, 0.05) is 12.1 Å². The van der Waals surface area contributed by atoms with Gasteiger partial charge in [0.1, 0.15) is 0 Å². The van der Waals surface area contributed by atoms with Crippen molar-refractivity contribution in [2.24, 2.45) is 11.3 Å². The summed E-state index contributed by atoms with van der Waals surface area (Å²) < 4.78 is 0. The zero-order chi connectivity index (χ0) is 15.7. The van der Waals surface area contributed by atoms with Gasteiger partial charge in [-0.15, -0.1) is 0 Å². The van der Waals surface area contributed by atoms with E-state index in [0.29, 0.717) is 11.8 Å². The molecule has 0 spiro atoms. The normalized spacial score (nSPS) is 21.9. The first-order valence-corrected chi connectivity index (χ1v) is 8.62. The predicted octanol–water partition coefficient (Wildman–Crippen LogP) is 5.19. The molecule has 0 radical (unpaired) electrons. The van der Waals surface area contributed by atoms with E-state index in [4.69, 9.17) is 0 Å². The van der Waals surface area contributed by atoms with E-state index in [0.717, 1.165) is 18.0 Å². The van der Waals surface area contributed by atoms with Crippen molar-refractivity contribution in [3.05, 3.63) is 35.4 Å². The quantitative estimate of drug-likeness (QED) is 0.817. The Kier molecular flexibility index (Phi) is 4.12. The second kappa shape index (κ2) is 5.91. The molecule has 0 saturated carbocycles. The minimum atomic E-state index is 0.141. The maximum absolute atomic E-state index is 11.4. The molecule has 1 heterocycles. The molecule has 2 nitrogen and oxygen atoms in total. The van der Waals surface area contributed by atoms with Crippen LogP contribution in [0, 0.1) is 11.3 Å². The Morgan fingerprint density at radius 3 is 2.73 bits per heavy atom. The van der Waals surface area contributed by atoms with Crippen LogP contribution < -0.4 is 5.32 Å². The van der Waals surface area contributed by atoms with E-state index in [9.17, 15) is 4.79 Å². The summed E-state index contributed by atoms with van der Waals surface area (Å²) in [5.74, 6) is 0.944. The van der Waals surface area contributed by atoms with Gasteiger partial charge in [0.15, 0.2) is 0 Å². The number of fused-ring (bicyclic) bond motifs is 1. The molecular weight excluding hydrogens is 270 g/mol. The fourth-order valence-corrected chi connectivity index (χ4v) is 3.68. The fraction of sp³-hybridized carbons (Fsp3) is 0.550. The Hall–Kier alpha value is -1.57. The highest BCUT2D eigenvalue weighted by atomic mass is 16.1. The van der Waals surface area contributed by atoms with Crippen LogP contribution in [0.4, 0.5) is 5.69 Å². The van der Waals surface area contributed by atoms with Crippen LogP contribution in [0.1, 0.15) is 64.0 Å². The number of allylic oxidation sites excluding steroid dienone is 2. The van der Waals surface area contributed by atoms with Gasteiger partial charge in [-0.2, -0.15) is 0 Å².